The van der Waals surface area contributed by atoms with Crippen LogP contribution in [-0.2, 0) is 11.2 Å². The molecule has 134 valence electrons. The van der Waals surface area contributed by atoms with Gasteiger partial charge in [-0.15, -0.1) is 0 Å². The first kappa shape index (κ1) is 18.4. The zero-order chi connectivity index (χ0) is 18.1. The summed E-state index contributed by atoms with van der Waals surface area (Å²) in [5.41, 5.74) is 5.95. The summed E-state index contributed by atoms with van der Waals surface area (Å²) in [7, 11) is 0. The highest BCUT2D eigenvalue weighted by Gasteiger charge is 2.47. The van der Waals surface area contributed by atoms with E-state index >= 15 is 0 Å². The SMILES string of the molecule is CC(C)(C)OC(=O)N1CC(F)(F)C[C@H]1CCc1ccc(F)cc1N. The Labute approximate surface area is 139 Å². The average molecular weight is 344 g/mol. The lowest BCUT2D eigenvalue weighted by Gasteiger charge is -2.28. The molecule has 1 saturated heterocycles. The van der Waals surface area contributed by atoms with Gasteiger partial charge in [0.05, 0.1) is 6.54 Å². The number of hydrogen-bond acceptors (Lipinski definition) is 3. The van der Waals surface area contributed by atoms with Crippen LogP contribution in [0.3, 0.4) is 0 Å². The summed E-state index contributed by atoms with van der Waals surface area (Å²) in [5, 5.41) is 0. The van der Waals surface area contributed by atoms with Crippen molar-refractivity contribution in [3.8, 4) is 0 Å². The number of anilines is 1. The lowest BCUT2D eigenvalue weighted by molar-refractivity contribution is -0.00246. The molecule has 2 rings (SSSR count). The second-order valence-corrected chi connectivity index (χ2v) is 7.20. The van der Waals surface area contributed by atoms with Crippen molar-refractivity contribution in [3.63, 3.8) is 0 Å². The van der Waals surface area contributed by atoms with Crippen molar-refractivity contribution in [2.24, 2.45) is 0 Å². The Morgan fingerprint density at radius 2 is 2.08 bits per heavy atom. The van der Waals surface area contributed by atoms with E-state index in [2.05, 4.69) is 0 Å². The van der Waals surface area contributed by atoms with Crippen LogP contribution in [0.1, 0.15) is 39.2 Å². The van der Waals surface area contributed by atoms with Crippen LogP contribution < -0.4 is 5.73 Å². The van der Waals surface area contributed by atoms with Crippen LogP contribution in [0, 0.1) is 5.82 Å². The second kappa shape index (κ2) is 6.53. The zero-order valence-corrected chi connectivity index (χ0v) is 14.1. The number of alkyl halides is 2. The number of likely N-dealkylation sites (tertiary alicyclic amines) is 1. The average Bonchev–Trinajstić information content (AvgIpc) is 2.71. The third-order valence-electron chi connectivity index (χ3n) is 3.86. The molecule has 2 N–H and O–H groups in total. The second-order valence-electron chi connectivity index (χ2n) is 7.20. The first-order valence-electron chi connectivity index (χ1n) is 7.88. The molecule has 1 fully saturated rings. The molecule has 0 spiro atoms. The Hall–Kier alpha value is -1.92. The van der Waals surface area contributed by atoms with E-state index in [1.54, 1.807) is 20.8 Å². The summed E-state index contributed by atoms with van der Waals surface area (Å²) in [6, 6.07) is 3.37. The Morgan fingerprint density at radius 3 is 2.67 bits per heavy atom. The number of carbonyl (C=O) groups excluding carboxylic acids is 1. The highest BCUT2D eigenvalue weighted by atomic mass is 19.3. The number of aryl methyl sites for hydroxylation is 1. The van der Waals surface area contributed by atoms with Gasteiger partial charge in [0.15, 0.2) is 0 Å². The number of amides is 1. The van der Waals surface area contributed by atoms with Gasteiger partial charge in [-0.1, -0.05) is 6.07 Å². The lowest BCUT2D eigenvalue weighted by atomic mass is 10.0. The minimum Gasteiger partial charge on any atom is -0.444 e. The third-order valence-corrected chi connectivity index (χ3v) is 3.86. The zero-order valence-electron chi connectivity index (χ0n) is 14.1. The van der Waals surface area contributed by atoms with Gasteiger partial charge in [0.1, 0.15) is 11.4 Å². The maximum absolute atomic E-state index is 13.8. The Balaban J connectivity index is 2.07. The van der Waals surface area contributed by atoms with Crippen LogP contribution >= 0.6 is 0 Å². The van der Waals surface area contributed by atoms with Crippen LogP contribution in [-0.4, -0.2) is 35.1 Å². The molecule has 4 nitrogen and oxygen atoms in total. The van der Waals surface area contributed by atoms with Crippen molar-refractivity contribution in [2.75, 3.05) is 12.3 Å². The number of hydrogen-bond donors (Lipinski definition) is 1. The van der Waals surface area contributed by atoms with Gasteiger partial charge >= 0.3 is 6.09 Å². The number of nitrogens with two attached hydrogens (primary N) is 1. The molecule has 0 aromatic heterocycles. The molecule has 0 unspecified atom stereocenters. The smallest absolute Gasteiger partial charge is 0.410 e. The van der Waals surface area contributed by atoms with E-state index in [-0.39, 0.29) is 5.69 Å². The topological polar surface area (TPSA) is 55.6 Å². The maximum Gasteiger partial charge on any atom is 0.410 e. The highest BCUT2D eigenvalue weighted by Crippen LogP contribution is 2.35. The van der Waals surface area contributed by atoms with Crippen molar-refractivity contribution >= 4 is 11.8 Å². The molecule has 0 bridgehead atoms. The fourth-order valence-corrected chi connectivity index (χ4v) is 2.81. The molecule has 1 aromatic carbocycles. The van der Waals surface area contributed by atoms with Crippen LogP contribution in [0.5, 0.6) is 0 Å². The minimum absolute atomic E-state index is 0.281. The van der Waals surface area contributed by atoms with Gasteiger partial charge in [0.25, 0.3) is 5.92 Å². The van der Waals surface area contributed by atoms with Crippen LogP contribution in [0.15, 0.2) is 18.2 Å². The standard InChI is InChI=1S/C17H23F3N2O2/c1-16(2,3)24-15(23)22-10-17(19,20)9-13(22)7-5-11-4-6-12(18)8-14(11)21/h4,6,8,13H,5,7,9-10,21H2,1-3H3/t13-/m1/s1. The van der Waals surface area contributed by atoms with Crippen molar-refractivity contribution in [2.45, 2.75) is 57.6 Å². The van der Waals surface area contributed by atoms with Crippen LogP contribution in [0.25, 0.3) is 0 Å². The van der Waals surface area contributed by atoms with E-state index in [4.69, 9.17) is 10.5 Å². The molecule has 0 aliphatic carbocycles. The maximum atomic E-state index is 13.8. The number of carbonyl (C=O) groups is 1. The summed E-state index contributed by atoms with van der Waals surface area (Å²) in [6.45, 7) is 4.42. The molecule has 1 aromatic rings. The number of nitrogens with zero attached hydrogens (tertiary/aromatic N) is 1. The number of nitrogen functional groups attached to an aromatic ring is 1. The van der Waals surface area contributed by atoms with Gasteiger partial charge in [-0.05, 0) is 51.3 Å². The normalized spacial score (nSPS) is 20.2. The van der Waals surface area contributed by atoms with E-state index in [0.717, 1.165) is 4.90 Å². The summed E-state index contributed by atoms with van der Waals surface area (Å²) in [4.78, 5) is 13.3. The van der Waals surface area contributed by atoms with E-state index in [9.17, 15) is 18.0 Å². The first-order chi connectivity index (χ1) is 11.0. The van der Waals surface area contributed by atoms with Gasteiger partial charge in [-0.25, -0.2) is 18.0 Å². The van der Waals surface area contributed by atoms with E-state index in [0.29, 0.717) is 18.4 Å². The summed E-state index contributed by atoms with van der Waals surface area (Å²) >= 11 is 0. The van der Waals surface area contributed by atoms with E-state index in [1.807, 2.05) is 0 Å². The predicted octanol–water partition coefficient (Wildman–Crippen LogP) is 3.99. The molecular weight excluding hydrogens is 321 g/mol. The Morgan fingerprint density at radius 1 is 1.42 bits per heavy atom. The molecular formula is C17H23F3N2O2. The third kappa shape index (κ3) is 4.79. The summed E-state index contributed by atoms with van der Waals surface area (Å²) in [6.07, 6.45) is -0.457. The van der Waals surface area contributed by atoms with Gasteiger partial charge in [-0.2, -0.15) is 0 Å². The van der Waals surface area contributed by atoms with Crippen molar-refractivity contribution < 1.29 is 22.7 Å². The quantitative estimate of drug-likeness (QED) is 0.844. The number of rotatable bonds is 3. The molecule has 7 heteroatoms. The number of ether oxygens (including phenoxy) is 1. The van der Waals surface area contributed by atoms with Gasteiger partial charge < -0.3 is 10.5 Å². The highest BCUT2D eigenvalue weighted by molar-refractivity contribution is 5.69. The molecule has 1 aliphatic heterocycles. The fraction of sp³-hybridized carbons (Fsp3) is 0.588. The van der Waals surface area contributed by atoms with E-state index in [1.165, 1.54) is 18.2 Å². The van der Waals surface area contributed by atoms with Crippen molar-refractivity contribution in [3.05, 3.63) is 29.6 Å². The summed E-state index contributed by atoms with van der Waals surface area (Å²) in [5.74, 6) is -3.38. The molecule has 1 heterocycles. The minimum atomic E-state index is -2.93. The molecule has 0 saturated carbocycles. The number of halogens is 3. The lowest BCUT2D eigenvalue weighted by Crippen LogP contribution is -2.40. The first-order valence-corrected chi connectivity index (χ1v) is 7.88. The Kier molecular flexibility index (Phi) is 5.01. The molecule has 1 amide bonds. The van der Waals surface area contributed by atoms with Crippen LogP contribution in [0.4, 0.5) is 23.7 Å². The summed E-state index contributed by atoms with van der Waals surface area (Å²) < 4.78 is 45.8. The Bertz CT molecular complexity index is 614. The van der Waals surface area contributed by atoms with Gasteiger partial charge in [0, 0.05) is 18.2 Å². The predicted molar refractivity (Wildman–Crippen MR) is 85.4 cm³/mol. The molecule has 1 aliphatic rings. The van der Waals surface area contributed by atoms with Crippen molar-refractivity contribution in [1.29, 1.82) is 0 Å². The van der Waals surface area contributed by atoms with Gasteiger partial charge in [0.2, 0.25) is 0 Å². The fourth-order valence-electron chi connectivity index (χ4n) is 2.81. The van der Waals surface area contributed by atoms with Crippen molar-refractivity contribution in [1.82, 2.24) is 4.90 Å². The van der Waals surface area contributed by atoms with Crippen LogP contribution in [0.2, 0.25) is 0 Å². The molecule has 1 atom stereocenters. The molecule has 24 heavy (non-hydrogen) atoms. The molecule has 0 radical (unpaired) electrons. The van der Waals surface area contributed by atoms with Gasteiger partial charge in [-0.3, -0.25) is 4.90 Å². The number of benzene rings is 1. The van der Waals surface area contributed by atoms with E-state index < -0.39 is 42.4 Å². The largest absolute Gasteiger partial charge is 0.444 e. The monoisotopic (exact) mass is 344 g/mol.